The Labute approximate surface area is 305 Å². The lowest BCUT2D eigenvalue weighted by atomic mass is 10.1. The van der Waals surface area contributed by atoms with Gasteiger partial charge in [-0.05, 0) is 51.4 Å². The van der Waals surface area contributed by atoms with Crippen molar-refractivity contribution in [2.75, 3.05) is 13.2 Å². The van der Waals surface area contributed by atoms with E-state index in [-0.39, 0.29) is 31.6 Å². The van der Waals surface area contributed by atoms with E-state index in [1.54, 1.807) is 6.08 Å². The van der Waals surface area contributed by atoms with Crippen LogP contribution in [-0.2, 0) is 28.6 Å². The SMILES string of the molecule is CC\C=C/C=C\C=C/C=C\CCCCCC(=O)OCC(COC(=O)C/C=C\C/C=C\C/C=C\CC)OC(=O)CCCCCCCCCCCC. The van der Waals surface area contributed by atoms with Crippen molar-refractivity contribution in [3.05, 3.63) is 85.1 Å². The lowest BCUT2D eigenvalue weighted by Gasteiger charge is -2.18. The van der Waals surface area contributed by atoms with Crippen molar-refractivity contribution in [3.63, 3.8) is 0 Å². The van der Waals surface area contributed by atoms with Gasteiger partial charge in [0.05, 0.1) is 6.42 Å². The summed E-state index contributed by atoms with van der Waals surface area (Å²) >= 11 is 0. The van der Waals surface area contributed by atoms with E-state index >= 15 is 0 Å². The van der Waals surface area contributed by atoms with Gasteiger partial charge in [-0.25, -0.2) is 0 Å². The van der Waals surface area contributed by atoms with E-state index in [0.29, 0.717) is 12.8 Å². The van der Waals surface area contributed by atoms with Gasteiger partial charge in [0, 0.05) is 12.8 Å². The smallest absolute Gasteiger partial charge is 0.309 e. The number of unbranched alkanes of at least 4 members (excludes halogenated alkanes) is 12. The molecule has 0 aliphatic carbocycles. The Balaban J connectivity index is 4.55. The summed E-state index contributed by atoms with van der Waals surface area (Å²) in [4.78, 5) is 37.4. The number of carbonyl (C=O) groups is 3. The highest BCUT2D eigenvalue weighted by Gasteiger charge is 2.19. The summed E-state index contributed by atoms with van der Waals surface area (Å²) in [5.41, 5.74) is 0. The Bertz CT molecular complexity index is 1030. The van der Waals surface area contributed by atoms with E-state index < -0.39 is 12.1 Å². The minimum absolute atomic E-state index is 0.124. The van der Waals surface area contributed by atoms with Crippen LogP contribution in [0.3, 0.4) is 0 Å². The third-order valence-electron chi connectivity index (χ3n) is 7.77. The van der Waals surface area contributed by atoms with Crippen LogP contribution in [0.15, 0.2) is 85.1 Å². The topological polar surface area (TPSA) is 78.9 Å². The van der Waals surface area contributed by atoms with Crippen LogP contribution in [0, 0.1) is 0 Å². The third kappa shape index (κ3) is 35.9. The van der Waals surface area contributed by atoms with Crippen LogP contribution in [0.2, 0.25) is 0 Å². The molecular weight excluding hydrogens is 624 g/mol. The largest absolute Gasteiger partial charge is 0.462 e. The molecule has 0 amide bonds. The van der Waals surface area contributed by atoms with Crippen molar-refractivity contribution in [1.29, 1.82) is 0 Å². The van der Waals surface area contributed by atoms with Gasteiger partial charge in [-0.2, -0.15) is 0 Å². The van der Waals surface area contributed by atoms with E-state index in [4.69, 9.17) is 14.2 Å². The standard InChI is InChI=1S/C44H70O6/c1-4-7-10-13-16-19-21-22-23-26-28-31-34-37-43(46)49-40-41(39-48-42(45)36-33-30-27-24-18-15-12-9-6-3)50-44(47)38-35-32-29-25-20-17-14-11-8-5-2/h7,9-10,12-13,16,18-19,21-24,30,33,41H,4-6,8,11,14-15,17,20,25-29,31-32,34-40H2,1-3H3/b10-7-,12-9-,16-13-,21-19-,23-22-,24-18-,33-30-. The van der Waals surface area contributed by atoms with Crippen molar-refractivity contribution < 1.29 is 28.6 Å². The zero-order chi connectivity index (χ0) is 36.6. The molecule has 0 saturated heterocycles. The number of esters is 3. The van der Waals surface area contributed by atoms with Gasteiger partial charge >= 0.3 is 17.9 Å². The van der Waals surface area contributed by atoms with Crippen LogP contribution >= 0.6 is 0 Å². The molecule has 0 heterocycles. The predicted octanol–water partition coefficient (Wildman–Crippen LogP) is 12.1. The average Bonchev–Trinajstić information content (AvgIpc) is 3.11. The quantitative estimate of drug-likeness (QED) is 0.0224. The summed E-state index contributed by atoms with van der Waals surface area (Å²) in [5.74, 6) is -1.10. The second-order valence-electron chi connectivity index (χ2n) is 12.5. The highest BCUT2D eigenvalue weighted by Crippen LogP contribution is 2.12. The molecular formula is C44H70O6. The molecule has 6 nitrogen and oxygen atoms in total. The van der Waals surface area contributed by atoms with Crippen LogP contribution in [0.4, 0.5) is 0 Å². The van der Waals surface area contributed by atoms with Gasteiger partial charge in [0.1, 0.15) is 13.2 Å². The van der Waals surface area contributed by atoms with Crippen molar-refractivity contribution in [2.45, 2.75) is 162 Å². The maximum Gasteiger partial charge on any atom is 0.309 e. The summed E-state index contributed by atoms with van der Waals surface area (Å²) < 4.78 is 16.4. The monoisotopic (exact) mass is 695 g/mol. The molecule has 0 rings (SSSR count). The van der Waals surface area contributed by atoms with Gasteiger partial charge in [0.15, 0.2) is 6.10 Å². The van der Waals surface area contributed by atoms with Gasteiger partial charge in [-0.15, -0.1) is 0 Å². The molecule has 0 fully saturated rings. The van der Waals surface area contributed by atoms with Crippen molar-refractivity contribution >= 4 is 17.9 Å². The second-order valence-corrected chi connectivity index (χ2v) is 12.5. The molecule has 282 valence electrons. The summed E-state index contributed by atoms with van der Waals surface area (Å²) in [6, 6.07) is 0. The fourth-order valence-electron chi connectivity index (χ4n) is 4.86. The maximum absolute atomic E-state index is 12.6. The predicted molar refractivity (Wildman–Crippen MR) is 210 cm³/mol. The first-order chi connectivity index (χ1) is 24.5. The minimum Gasteiger partial charge on any atom is -0.462 e. The van der Waals surface area contributed by atoms with Gasteiger partial charge in [-0.3, -0.25) is 14.4 Å². The van der Waals surface area contributed by atoms with Crippen molar-refractivity contribution in [2.24, 2.45) is 0 Å². The summed E-state index contributed by atoms with van der Waals surface area (Å²) in [6.45, 7) is 6.18. The number of rotatable bonds is 33. The fraction of sp³-hybridized carbons (Fsp3) is 0.614. The van der Waals surface area contributed by atoms with Crippen LogP contribution in [0.5, 0.6) is 0 Å². The minimum atomic E-state index is -0.822. The molecule has 0 radical (unpaired) electrons. The van der Waals surface area contributed by atoms with Gasteiger partial charge < -0.3 is 14.2 Å². The van der Waals surface area contributed by atoms with Gasteiger partial charge in [0.2, 0.25) is 0 Å². The van der Waals surface area contributed by atoms with Crippen molar-refractivity contribution in [1.82, 2.24) is 0 Å². The molecule has 6 heteroatoms. The second kappa shape index (κ2) is 38.4. The molecule has 0 N–H and O–H groups in total. The molecule has 1 atom stereocenters. The Morgan fingerprint density at radius 3 is 1.56 bits per heavy atom. The van der Waals surface area contributed by atoms with Crippen molar-refractivity contribution in [3.8, 4) is 0 Å². The molecule has 0 aromatic heterocycles. The zero-order valence-electron chi connectivity index (χ0n) is 31.9. The normalized spacial score (nSPS) is 12.9. The Kier molecular flexibility index (Phi) is 35.8. The molecule has 0 aliphatic rings. The number of ether oxygens (including phenoxy) is 3. The van der Waals surface area contributed by atoms with Crippen LogP contribution in [0.1, 0.15) is 156 Å². The lowest BCUT2D eigenvalue weighted by Crippen LogP contribution is -2.30. The average molecular weight is 695 g/mol. The first-order valence-electron chi connectivity index (χ1n) is 19.6. The molecule has 50 heavy (non-hydrogen) atoms. The van der Waals surface area contributed by atoms with E-state index in [9.17, 15) is 14.4 Å². The van der Waals surface area contributed by atoms with E-state index in [2.05, 4.69) is 57.2 Å². The fourth-order valence-corrected chi connectivity index (χ4v) is 4.86. The zero-order valence-corrected chi connectivity index (χ0v) is 31.9. The number of carbonyl (C=O) groups excluding carboxylic acids is 3. The maximum atomic E-state index is 12.6. The highest BCUT2D eigenvalue weighted by molar-refractivity contribution is 5.72. The molecule has 0 bridgehead atoms. The van der Waals surface area contributed by atoms with Gasteiger partial charge in [0.25, 0.3) is 0 Å². The molecule has 0 saturated carbocycles. The first kappa shape index (κ1) is 46.6. The molecule has 0 aromatic carbocycles. The number of hydrogen-bond donors (Lipinski definition) is 0. The molecule has 0 spiro atoms. The Hall–Kier alpha value is -3.41. The number of allylic oxidation sites excluding steroid dienone is 13. The summed E-state index contributed by atoms with van der Waals surface area (Å²) in [6.07, 6.45) is 47.5. The van der Waals surface area contributed by atoms with Crippen LogP contribution in [-0.4, -0.2) is 37.2 Å². The van der Waals surface area contributed by atoms with Crippen LogP contribution in [0.25, 0.3) is 0 Å². The van der Waals surface area contributed by atoms with E-state index in [0.717, 1.165) is 70.6 Å². The summed E-state index contributed by atoms with van der Waals surface area (Å²) in [5, 5.41) is 0. The first-order valence-corrected chi connectivity index (χ1v) is 19.6. The summed E-state index contributed by atoms with van der Waals surface area (Å²) in [7, 11) is 0. The molecule has 1 unspecified atom stereocenters. The molecule has 0 aromatic rings. The van der Waals surface area contributed by atoms with Crippen LogP contribution < -0.4 is 0 Å². The molecule has 0 aliphatic heterocycles. The van der Waals surface area contributed by atoms with E-state index in [1.165, 1.54) is 44.9 Å². The van der Waals surface area contributed by atoms with Gasteiger partial charge in [-0.1, -0.05) is 170 Å². The van der Waals surface area contributed by atoms with E-state index in [1.807, 2.05) is 42.5 Å². The highest BCUT2D eigenvalue weighted by atomic mass is 16.6. The Morgan fingerprint density at radius 2 is 0.940 bits per heavy atom. The Morgan fingerprint density at radius 1 is 0.460 bits per heavy atom. The third-order valence-corrected chi connectivity index (χ3v) is 7.77. The lowest BCUT2D eigenvalue weighted by molar-refractivity contribution is -0.166. The number of hydrogen-bond acceptors (Lipinski definition) is 6.